The van der Waals surface area contributed by atoms with Crippen molar-refractivity contribution in [2.75, 3.05) is 0 Å². The smallest absolute Gasteiger partial charge is 0.329 e. The number of nitrogens with two attached hydrogens (primary N) is 1. The van der Waals surface area contributed by atoms with Crippen LogP contribution < -0.4 is 17.7 Å². The summed E-state index contributed by atoms with van der Waals surface area (Å²) in [6, 6.07) is 22.5. The number of pyridine rings is 1. The Morgan fingerprint density at radius 1 is 0.800 bits per heavy atom. The second kappa shape index (κ2) is 6.84. The molecule has 1 aromatic heterocycles. The summed E-state index contributed by atoms with van der Waals surface area (Å²) < 4.78 is 0. The van der Waals surface area contributed by atoms with Crippen LogP contribution in [0, 0.1) is 10.1 Å². The molecule has 25 heavy (non-hydrogen) atoms. The second-order valence-electron chi connectivity index (χ2n) is 5.52. The van der Waals surface area contributed by atoms with Crippen molar-refractivity contribution in [3.05, 3.63) is 82.9 Å². The van der Waals surface area contributed by atoms with E-state index in [1.165, 1.54) is 6.07 Å². The first-order valence-corrected chi connectivity index (χ1v) is 7.60. The summed E-state index contributed by atoms with van der Waals surface area (Å²) in [6.45, 7) is 0. The number of halogens is 1. The first kappa shape index (κ1) is 16.8. The standard InChI is InChI=1S/C19H13N3O2.ClH/c23-22(24)18-12-6-5-11-17(18)21-19-13-7-1-3-9-15(13)20-16-10-4-2-8-14(16)19;/h1-12H,(H,20,21);1H. The van der Waals surface area contributed by atoms with Crippen molar-refractivity contribution in [3.8, 4) is 0 Å². The minimum atomic E-state index is -0.350. The number of benzene rings is 3. The van der Waals surface area contributed by atoms with Crippen molar-refractivity contribution in [3.63, 3.8) is 0 Å². The third kappa shape index (κ3) is 3.03. The summed E-state index contributed by atoms with van der Waals surface area (Å²) in [4.78, 5) is 15.6. The van der Waals surface area contributed by atoms with E-state index in [1.807, 2.05) is 59.9 Å². The molecule has 0 aliphatic heterocycles. The van der Waals surface area contributed by atoms with E-state index in [9.17, 15) is 10.1 Å². The highest BCUT2D eigenvalue weighted by Gasteiger charge is 2.20. The summed E-state index contributed by atoms with van der Waals surface area (Å²) in [7, 11) is 0. The van der Waals surface area contributed by atoms with Gasteiger partial charge in [-0.25, -0.2) is 4.98 Å². The molecule has 6 heteroatoms. The van der Waals surface area contributed by atoms with Gasteiger partial charge in [0.15, 0.2) is 5.69 Å². The fourth-order valence-electron chi connectivity index (χ4n) is 2.96. The average molecular weight is 352 g/mol. The van der Waals surface area contributed by atoms with Crippen LogP contribution in [-0.2, 0) is 0 Å². The molecule has 0 saturated heterocycles. The first-order chi connectivity index (χ1) is 11.7. The molecule has 0 aliphatic rings. The fourth-order valence-corrected chi connectivity index (χ4v) is 2.96. The van der Waals surface area contributed by atoms with Crippen LogP contribution in [0.2, 0.25) is 0 Å². The van der Waals surface area contributed by atoms with Crippen LogP contribution >= 0.6 is 0 Å². The second-order valence-corrected chi connectivity index (χ2v) is 5.52. The van der Waals surface area contributed by atoms with Gasteiger partial charge in [-0.1, -0.05) is 36.4 Å². The summed E-state index contributed by atoms with van der Waals surface area (Å²) in [5.74, 6) is 0. The Morgan fingerprint density at radius 3 is 1.92 bits per heavy atom. The van der Waals surface area contributed by atoms with Crippen molar-refractivity contribution in [2.24, 2.45) is 0 Å². The van der Waals surface area contributed by atoms with Crippen LogP contribution in [0.4, 0.5) is 17.1 Å². The maximum Gasteiger partial charge on any atom is 0.329 e. The van der Waals surface area contributed by atoms with Gasteiger partial charge in [-0.3, -0.25) is 15.4 Å². The molecule has 0 amide bonds. The van der Waals surface area contributed by atoms with Gasteiger partial charge in [0.25, 0.3) is 0 Å². The van der Waals surface area contributed by atoms with E-state index in [2.05, 4.69) is 4.98 Å². The van der Waals surface area contributed by atoms with E-state index in [-0.39, 0.29) is 23.0 Å². The van der Waals surface area contributed by atoms with Crippen molar-refractivity contribution < 1.29 is 22.6 Å². The molecule has 0 bridgehead atoms. The Labute approximate surface area is 149 Å². The SMILES string of the molecule is O=[N+]([O-])c1ccccc1[NH2+]c1c2ccccc2nc2ccccc12.[Cl-]. The largest absolute Gasteiger partial charge is 1.00 e. The summed E-state index contributed by atoms with van der Waals surface area (Å²) >= 11 is 0. The number of nitro groups is 1. The molecular formula is C19H14ClN3O2. The van der Waals surface area contributed by atoms with Gasteiger partial charge in [-0.05, 0) is 24.3 Å². The Kier molecular flexibility index (Phi) is 4.61. The Balaban J connectivity index is 0.00000182. The maximum absolute atomic E-state index is 11.3. The lowest BCUT2D eigenvalue weighted by molar-refractivity contribution is -0.488. The van der Waals surface area contributed by atoms with Gasteiger partial charge in [0.1, 0.15) is 0 Å². The number of nitrogens with zero attached hydrogens (tertiary/aromatic N) is 2. The molecule has 0 saturated carbocycles. The minimum absolute atomic E-state index is 0. The van der Waals surface area contributed by atoms with Gasteiger partial charge >= 0.3 is 5.69 Å². The van der Waals surface area contributed by atoms with E-state index >= 15 is 0 Å². The average Bonchev–Trinajstić information content (AvgIpc) is 2.62. The van der Waals surface area contributed by atoms with E-state index < -0.39 is 0 Å². The number of hydrogen-bond acceptors (Lipinski definition) is 3. The highest BCUT2D eigenvalue weighted by molar-refractivity contribution is 6.03. The number of fused-ring (bicyclic) bond motifs is 2. The Hall–Kier alpha value is -3.02. The number of aromatic nitrogens is 1. The number of nitro benzene ring substituents is 1. The molecule has 4 rings (SSSR count). The van der Waals surface area contributed by atoms with Gasteiger partial charge in [0, 0.05) is 12.1 Å². The van der Waals surface area contributed by atoms with Crippen LogP contribution in [0.15, 0.2) is 72.8 Å². The predicted molar refractivity (Wildman–Crippen MR) is 93.6 cm³/mol. The van der Waals surface area contributed by atoms with Gasteiger partial charge in [0.05, 0.1) is 26.7 Å². The van der Waals surface area contributed by atoms with Gasteiger partial charge in [-0.2, -0.15) is 0 Å². The molecule has 2 N–H and O–H groups in total. The van der Waals surface area contributed by atoms with Crippen LogP contribution in [0.25, 0.3) is 21.8 Å². The van der Waals surface area contributed by atoms with Gasteiger partial charge in [-0.15, -0.1) is 0 Å². The zero-order valence-electron chi connectivity index (χ0n) is 13.1. The van der Waals surface area contributed by atoms with Gasteiger partial charge in [0.2, 0.25) is 5.69 Å². The Morgan fingerprint density at radius 2 is 1.32 bits per heavy atom. The van der Waals surface area contributed by atoms with E-state index in [0.29, 0.717) is 5.69 Å². The van der Waals surface area contributed by atoms with Crippen molar-refractivity contribution in [1.82, 2.24) is 4.98 Å². The molecule has 4 aromatic rings. The molecule has 0 atom stereocenters. The van der Waals surface area contributed by atoms with E-state index in [4.69, 9.17) is 0 Å². The number of rotatable bonds is 3. The Bertz CT molecular complexity index is 1030. The van der Waals surface area contributed by atoms with Crippen LogP contribution in [0.1, 0.15) is 0 Å². The molecule has 3 aromatic carbocycles. The number of hydrogen-bond donors (Lipinski definition) is 1. The molecular weight excluding hydrogens is 338 g/mol. The molecule has 0 unspecified atom stereocenters. The number of quaternary nitrogens is 1. The predicted octanol–water partition coefficient (Wildman–Crippen LogP) is 0.827. The molecule has 0 fully saturated rings. The molecule has 1 heterocycles. The quantitative estimate of drug-likeness (QED) is 0.257. The molecule has 124 valence electrons. The van der Waals surface area contributed by atoms with Crippen LogP contribution in [0.5, 0.6) is 0 Å². The third-order valence-electron chi connectivity index (χ3n) is 4.06. The molecule has 0 radical (unpaired) electrons. The topological polar surface area (TPSA) is 72.6 Å². The lowest BCUT2D eigenvalue weighted by Gasteiger charge is -2.08. The number of para-hydroxylation sites is 4. The lowest BCUT2D eigenvalue weighted by Crippen LogP contribution is -3.00. The minimum Gasteiger partial charge on any atom is -1.00 e. The zero-order valence-corrected chi connectivity index (χ0v) is 13.9. The summed E-state index contributed by atoms with van der Waals surface area (Å²) in [5.41, 5.74) is 3.39. The molecule has 0 aliphatic carbocycles. The highest BCUT2D eigenvalue weighted by atomic mass is 35.5. The van der Waals surface area contributed by atoms with Gasteiger partial charge < -0.3 is 12.4 Å². The zero-order chi connectivity index (χ0) is 16.5. The van der Waals surface area contributed by atoms with Crippen molar-refractivity contribution >= 4 is 38.9 Å². The highest BCUT2D eigenvalue weighted by Crippen LogP contribution is 2.29. The fraction of sp³-hybridized carbons (Fsp3) is 0. The normalized spacial score (nSPS) is 10.6. The molecule has 0 spiro atoms. The van der Waals surface area contributed by atoms with Crippen LogP contribution in [0.3, 0.4) is 0 Å². The van der Waals surface area contributed by atoms with Crippen molar-refractivity contribution in [2.45, 2.75) is 0 Å². The van der Waals surface area contributed by atoms with Crippen LogP contribution in [-0.4, -0.2) is 9.91 Å². The van der Waals surface area contributed by atoms with E-state index in [0.717, 1.165) is 27.5 Å². The van der Waals surface area contributed by atoms with Crippen molar-refractivity contribution in [1.29, 1.82) is 0 Å². The summed E-state index contributed by atoms with van der Waals surface area (Å²) in [6.07, 6.45) is 0. The third-order valence-corrected chi connectivity index (χ3v) is 4.06. The lowest BCUT2D eigenvalue weighted by atomic mass is 10.1. The first-order valence-electron chi connectivity index (χ1n) is 7.60. The molecule has 5 nitrogen and oxygen atoms in total. The summed E-state index contributed by atoms with van der Waals surface area (Å²) in [5, 5.41) is 15.2. The monoisotopic (exact) mass is 351 g/mol. The van der Waals surface area contributed by atoms with E-state index in [1.54, 1.807) is 12.1 Å². The maximum atomic E-state index is 11.3.